The summed E-state index contributed by atoms with van der Waals surface area (Å²) in [4.78, 5) is 18.8. The Morgan fingerprint density at radius 1 is 1.43 bits per heavy atom. The molecule has 128 valence electrons. The molecule has 0 aliphatic carbocycles. The van der Waals surface area contributed by atoms with E-state index in [9.17, 15) is 10.1 Å². The molecule has 23 heavy (non-hydrogen) atoms. The van der Waals surface area contributed by atoms with Gasteiger partial charge in [-0.05, 0) is 25.2 Å². The first kappa shape index (κ1) is 17.2. The van der Waals surface area contributed by atoms with Gasteiger partial charge in [0.2, 0.25) is 17.6 Å². The monoisotopic (exact) mass is 324 g/mol. The summed E-state index contributed by atoms with van der Waals surface area (Å²) in [5.74, 6) is 0.815. The van der Waals surface area contributed by atoms with E-state index in [0.717, 1.165) is 25.9 Å². The van der Waals surface area contributed by atoms with Crippen molar-refractivity contribution in [3.05, 3.63) is 10.1 Å². The van der Waals surface area contributed by atoms with E-state index in [1.807, 2.05) is 0 Å². The molecule has 0 saturated carbocycles. The molecule has 4 N–H and O–H groups in total. The highest BCUT2D eigenvalue weighted by atomic mass is 16.6. The van der Waals surface area contributed by atoms with Crippen molar-refractivity contribution >= 4 is 23.3 Å². The van der Waals surface area contributed by atoms with Crippen LogP contribution in [0.2, 0.25) is 0 Å². The number of nitrogen functional groups attached to an aromatic ring is 1. The topological polar surface area (TPSA) is 128 Å². The van der Waals surface area contributed by atoms with Crippen LogP contribution >= 0.6 is 0 Å². The Morgan fingerprint density at radius 3 is 2.83 bits per heavy atom. The van der Waals surface area contributed by atoms with Crippen LogP contribution in [0.5, 0.6) is 0 Å². The van der Waals surface area contributed by atoms with E-state index in [0.29, 0.717) is 25.0 Å². The third kappa shape index (κ3) is 4.92. The predicted molar refractivity (Wildman–Crippen MR) is 88.5 cm³/mol. The van der Waals surface area contributed by atoms with Gasteiger partial charge in [-0.1, -0.05) is 13.8 Å². The van der Waals surface area contributed by atoms with Crippen LogP contribution in [0.4, 0.5) is 23.3 Å². The molecule has 0 amide bonds. The van der Waals surface area contributed by atoms with Gasteiger partial charge in [-0.25, -0.2) is 0 Å². The highest BCUT2D eigenvalue weighted by Crippen LogP contribution is 2.29. The zero-order valence-electron chi connectivity index (χ0n) is 13.5. The van der Waals surface area contributed by atoms with E-state index in [4.69, 9.17) is 10.5 Å². The fourth-order valence-corrected chi connectivity index (χ4v) is 2.34. The van der Waals surface area contributed by atoms with E-state index in [-0.39, 0.29) is 23.4 Å². The van der Waals surface area contributed by atoms with Gasteiger partial charge in [-0.2, -0.15) is 9.97 Å². The second-order valence-corrected chi connectivity index (χ2v) is 6.01. The second-order valence-electron chi connectivity index (χ2n) is 6.01. The maximum absolute atomic E-state index is 11.2. The van der Waals surface area contributed by atoms with Crippen molar-refractivity contribution in [3.63, 3.8) is 0 Å². The SMILES string of the molecule is CC(C)CCNc1nc(N)c([N+](=O)[O-])c(NC[C@H]2CCCO2)n1. The Bertz CT molecular complexity index is 546. The minimum atomic E-state index is -0.564. The molecule has 1 aliphatic heterocycles. The summed E-state index contributed by atoms with van der Waals surface area (Å²) in [5, 5.41) is 17.2. The molecular weight excluding hydrogens is 300 g/mol. The summed E-state index contributed by atoms with van der Waals surface area (Å²) < 4.78 is 5.50. The molecule has 1 aromatic heterocycles. The van der Waals surface area contributed by atoms with E-state index in [1.54, 1.807) is 0 Å². The van der Waals surface area contributed by atoms with Gasteiger partial charge in [0.05, 0.1) is 11.0 Å². The van der Waals surface area contributed by atoms with Gasteiger partial charge in [0.25, 0.3) is 0 Å². The lowest BCUT2D eigenvalue weighted by atomic mass is 10.1. The van der Waals surface area contributed by atoms with Crippen molar-refractivity contribution in [2.24, 2.45) is 5.92 Å². The average Bonchev–Trinajstić information content (AvgIpc) is 2.97. The van der Waals surface area contributed by atoms with Gasteiger partial charge >= 0.3 is 5.69 Å². The third-order valence-corrected chi connectivity index (χ3v) is 3.62. The van der Waals surface area contributed by atoms with Crippen LogP contribution in [-0.4, -0.2) is 40.7 Å². The van der Waals surface area contributed by atoms with Crippen LogP contribution in [0.25, 0.3) is 0 Å². The molecule has 2 heterocycles. The molecule has 1 aromatic rings. The molecule has 0 radical (unpaired) electrons. The van der Waals surface area contributed by atoms with Crippen LogP contribution in [-0.2, 0) is 4.74 Å². The molecule has 1 aliphatic rings. The number of anilines is 3. The maximum Gasteiger partial charge on any atom is 0.353 e. The molecule has 1 fully saturated rings. The molecule has 9 nitrogen and oxygen atoms in total. The zero-order valence-corrected chi connectivity index (χ0v) is 13.5. The third-order valence-electron chi connectivity index (χ3n) is 3.62. The number of rotatable bonds is 8. The summed E-state index contributed by atoms with van der Waals surface area (Å²) in [6.45, 7) is 6.09. The molecule has 0 aromatic carbocycles. The first-order valence-corrected chi connectivity index (χ1v) is 7.88. The van der Waals surface area contributed by atoms with Crippen molar-refractivity contribution < 1.29 is 9.66 Å². The maximum atomic E-state index is 11.2. The van der Waals surface area contributed by atoms with Gasteiger partial charge in [0.15, 0.2) is 0 Å². The average molecular weight is 324 g/mol. The minimum absolute atomic E-state index is 0.0446. The van der Waals surface area contributed by atoms with Gasteiger partial charge in [0.1, 0.15) is 0 Å². The highest BCUT2D eigenvalue weighted by molar-refractivity contribution is 5.69. The fraction of sp³-hybridized carbons (Fsp3) is 0.714. The van der Waals surface area contributed by atoms with E-state index in [1.165, 1.54) is 0 Å². The smallest absolute Gasteiger partial charge is 0.353 e. The number of nitrogens with two attached hydrogens (primary N) is 1. The summed E-state index contributed by atoms with van der Waals surface area (Å²) in [6.07, 6.45) is 2.92. The number of nitrogens with one attached hydrogen (secondary N) is 2. The summed E-state index contributed by atoms with van der Waals surface area (Å²) >= 11 is 0. The molecule has 0 bridgehead atoms. The Hall–Kier alpha value is -2.16. The van der Waals surface area contributed by atoms with Crippen LogP contribution < -0.4 is 16.4 Å². The van der Waals surface area contributed by atoms with Gasteiger partial charge < -0.3 is 21.1 Å². The molecule has 1 saturated heterocycles. The van der Waals surface area contributed by atoms with Crippen molar-refractivity contribution in [3.8, 4) is 0 Å². The fourth-order valence-electron chi connectivity index (χ4n) is 2.34. The Morgan fingerprint density at radius 2 is 2.22 bits per heavy atom. The van der Waals surface area contributed by atoms with E-state index < -0.39 is 4.92 Å². The van der Waals surface area contributed by atoms with Gasteiger partial charge in [0, 0.05) is 19.7 Å². The normalized spacial score (nSPS) is 17.4. The van der Waals surface area contributed by atoms with Crippen LogP contribution in [0, 0.1) is 16.0 Å². The van der Waals surface area contributed by atoms with Gasteiger partial charge in [-0.15, -0.1) is 0 Å². The number of nitrogens with zero attached hydrogens (tertiary/aromatic N) is 3. The van der Waals surface area contributed by atoms with Crippen LogP contribution in [0.1, 0.15) is 33.1 Å². The molecule has 2 rings (SSSR count). The van der Waals surface area contributed by atoms with Crippen molar-refractivity contribution in [2.75, 3.05) is 36.1 Å². The first-order chi connectivity index (χ1) is 11.0. The number of aromatic nitrogens is 2. The predicted octanol–water partition coefficient (Wildman–Crippen LogP) is 2.02. The molecule has 0 spiro atoms. The summed E-state index contributed by atoms with van der Waals surface area (Å²) in [6, 6.07) is 0. The second kappa shape index (κ2) is 7.91. The zero-order chi connectivity index (χ0) is 16.8. The van der Waals surface area contributed by atoms with Crippen LogP contribution in [0.3, 0.4) is 0 Å². The van der Waals surface area contributed by atoms with Gasteiger partial charge in [-0.3, -0.25) is 10.1 Å². The number of hydrogen-bond acceptors (Lipinski definition) is 8. The lowest BCUT2D eigenvalue weighted by molar-refractivity contribution is -0.383. The Labute approximate surface area is 135 Å². The number of nitro groups is 1. The quantitative estimate of drug-likeness (QED) is 0.489. The molecule has 9 heteroatoms. The largest absolute Gasteiger partial charge is 0.378 e. The van der Waals surface area contributed by atoms with E-state index in [2.05, 4.69) is 34.4 Å². The van der Waals surface area contributed by atoms with Crippen molar-refractivity contribution in [1.82, 2.24) is 9.97 Å². The van der Waals surface area contributed by atoms with Crippen molar-refractivity contribution in [1.29, 1.82) is 0 Å². The lowest BCUT2D eigenvalue weighted by Gasteiger charge is -2.13. The highest BCUT2D eigenvalue weighted by Gasteiger charge is 2.24. The van der Waals surface area contributed by atoms with E-state index >= 15 is 0 Å². The number of hydrogen-bond donors (Lipinski definition) is 3. The molecule has 0 unspecified atom stereocenters. The van der Waals surface area contributed by atoms with Crippen LogP contribution in [0.15, 0.2) is 0 Å². The molecule has 1 atom stereocenters. The summed E-state index contributed by atoms with van der Waals surface area (Å²) in [5.41, 5.74) is 5.44. The lowest BCUT2D eigenvalue weighted by Crippen LogP contribution is -2.21. The Kier molecular flexibility index (Phi) is 5.91. The minimum Gasteiger partial charge on any atom is -0.378 e. The first-order valence-electron chi connectivity index (χ1n) is 7.88. The summed E-state index contributed by atoms with van der Waals surface area (Å²) in [7, 11) is 0. The molecular formula is C14H24N6O3. The number of ether oxygens (including phenoxy) is 1. The standard InChI is InChI=1S/C14H24N6O3/c1-9(2)5-6-16-14-18-12(15)11(20(21)22)13(19-14)17-8-10-4-3-7-23-10/h9-10H,3-8H2,1-2H3,(H4,15,16,17,18,19)/t10-/m1/s1. The van der Waals surface area contributed by atoms with Crippen molar-refractivity contribution in [2.45, 2.75) is 39.2 Å². The Balaban J connectivity index is 2.10.